The molecule has 0 bridgehead atoms. The Morgan fingerprint density at radius 3 is 2.59 bits per heavy atom. The van der Waals surface area contributed by atoms with E-state index in [0.29, 0.717) is 15.6 Å². The summed E-state index contributed by atoms with van der Waals surface area (Å²) >= 11 is 11.6. The molecule has 0 aliphatic heterocycles. The number of benzene rings is 1. The molecule has 0 atom stereocenters. The van der Waals surface area contributed by atoms with Crippen molar-refractivity contribution >= 4 is 35.1 Å². The van der Waals surface area contributed by atoms with Crippen LogP contribution < -0.4 is 5.32 Å². The summed E-state index contributed by atoms with van der Waals surface area (Å²) in [4.78, 5) is 21.7. The first-order valence-corrected chi connectivity index (χ1v) is 5.67. The zero-order chi connectivity index (χ0) is 12.8. The number of nitrogens with one attached hydrogen (secondary N) is 1. The van der Waals surface area contributed by atoms with Gasteiger partial charge >= 0.3 is 5.97 Å². The van der Waals surface area contributed by atoms with E-state index in [4.69, 9.17) is 28.3 Å². The number of carboxylic acid groups (broad SMARTS) is 1. The maximum Gasteiger partial charge on any atom is 0.305 e. The van der Waals surface area contributed by atoms with Crippen molar-refractivity contribution in [2.24, 2.45) is 0 Å². The standard InChI is InChI=1S/C11H11Cl2NO3/c12-8-2-1-7(9(13)6-8)5-10(15)14-4-3-11(16)17/h1-2,6H,3-5H2,(H,14,15)(H,16,17). The number of carbonyl (C=O) groups is 2. The van der Waals surface area contributed by atoms with Crippen molar-refractivity contribution < 1.29 is 14.7 Å². The summed E-state index contributed by atoms with van der Waals surface area (Å²) in [7, 11) is 0. The van der Waals surface area contributed by atoms with Crippen molar-refractivity contribution in [3.63, 3.8) is 0 Å². The van der Waals surface area contributed by atoms with Crippen molar-refractivity contribution in [2.75, 3.05) is 6.54 Å². The molecule has 0 saturated heterocycles. The summed E-state index contributed by atoms with van der Waals surface area (Å²) < 4.78 is 0. The molecule has 2 N–H and O–H groups in total. The van der Waals surface area contributed by atoms with E-state index in [1.165, 1.54) is 0 Å². The van der Waals surface area contributed by atoms with Gasteiger partial charge in [-0.05, 0) is 17.7 Å². The molecule has 92 valence electrons. The molecule has 0 heterocycles. The molecule has 0 aliphatic rings. The molecule has 0 fully saturated rings. The lowest BCUT2D eigenvalue weighted by atomic mass is 10.1. The number of hydrogen-bond donors (Lipinski definition) is 2. The van der Waals surface area contributed by atoms with Crippen molar-refractivity contribution in [3.8, 4) is 0 Å². The highest BCUT2D eigenvalue weighted by atomic mass is 35.5. The van der Waals surface area contributed by atoms with Gasteiger partial charge in [-0.15, -0.1) is 0 Å². The molecule has 1 aromatic carbocycles. The fourth-order valence-electron chi connectivity index (χ4n) is 1.21. The SMILES string of the molecule is O=C(O)CCNC(=O)Cc1ccc(Cl)cc1Cl. The molecule has 0 unspecified atom stereocenters. The maximum absolute atomic E-state index is 11.4. The minimum absolute atomic E-state index is 0.0971. The molecular weight excluding hydrogens is 265 g/mol. The van der Waals surface area contributed by atoms with E-state index in [2.05, 4.69) is 5.32 Å². The summed E-state index contributed by atoms with van der Waals surface area (Å²) in [5.74, 6) is -1.22. The van der Waals surface area contributed by atoms with Crippen LogP contribution in [0.3, 0.4) is 0 Å². The van der Waals surface area contributed by atoms with Gasteiger partial charge < -0.3 is 10.4 Å². The highest BCUT2D eigenvalue weighted by Gasteiger charge is 2.07. The Hall–Kier alpha value is -1.26. The average Bonchev–Trinajstić information content (AvgIpc) is 2.21. The molecule has 6 heteroatoms. The Labute approximate surface area is 109 Å². The van der Waals surface area contributed by atoms with Crippen LogP contribution in [0.2, 0.25) is 10.0 Å². The van der Waals surface area contributed by atoms with Crippen LogP contribution in [0.15, 0.2) is 18.2 Å². The molecule has 17 heavy (non-hydrogen) atoms. The lowest BCUT2D eigenvalue weighted by molar-refractivity contribution is -0.136. The maximum atomic E-state index is 11.4. The van der Waals surface area contributed by atoms with Crippen LogP contribution in [-0.4, -0.2) is 23.5 Å². The van der Waals surface area contributed by atoms with E-state index in [9.17, 15) is 9.59 Å². The minimum Gasteiger partial charge on any atom is -0.481 e. The number of halogens is 2. The molecule has 1 rings (SSSR count). The van der Waals surface area contributed by atoms with Gasteiger partial charge in [-0.2, -0.15) is 0 Å². The van der Waals surface area contributed by atoms with Gasteiger partial charge in [0.25, 0.3) is 0 Å². The van der Waals surface area contributed by atoms with Crippen molar-refractivity contribution in [1.29, 1.82) is 0 Å². The molecule has 0 spiro atoms. The highest BCUT2D eigenvalue weighted by Crippen LogP contribution is 2.21. The Morgan fingerprint density at radius 2 is 2.00 bits per heavy atom. The van der Waals surface area contributed by atoms with Gasteiger partial charge in [0.1, 0.15) is 0 Å². The van der Waals surface area contributed by atoms with E-state index in [0.717, 1.165) is 0 Å². The Morgan fingerprint density at radius 1 is 1.29 bits per heavy atom. The van der Waals surface area contributed by atoms with Gasteiger partial charge in [-0.3, -0.25) is 9.59 Å². The van der Waals surface area contributed by atoms with Gasteiger partial charge in [-0.1, -0.05) is 29.3 Å². The van der Waals surface area contributed by atoms with Gasteiger partial charge in [0.05, 0.1) is 12.8 Å². The number of hydrogen-bond acceptors (Lipinski definition) is 2. The fraction of sp³-hybridized carbons (Fsp3) is 0.273. The van der Waals surface area contributed by atoms with Gasteiger partial charge in [0, 0.05) is 16.6 Å². The van der Waals surface area contributed by atoms with E-state index in [-0.39, 0.29) is 25.3 Å². The lowest BCUT2D eigenvalue weighted by Crippen LogP contribution is -2.27. The van der Waals surface area contributed by atoms with Crippen LogP contribution in [0.1, 0.15) is 12.0 Å². The quantitative estimate of drug-likeness (QED) is 0.865. The normalized spacial score (nSPS) is 10.0. The Kier molecular flexibility index (Phi) is 5.25. The van der Waals surface area contributed by atoms with E-state index in [1.807, 2.05) is 0 Å². The molecular formula is C11H11Cl2NO3. The lowest BCUT2D eigenvalue weighted by Gasteiger charge is -2.05. The second-order valence-electron chi connectivity index (χ2n) is 3.41. The molecule has 1 aromatic rings. The van der Waals surface area contributed by atoms with Crippen LogP contribution in [0, 0.1) is 0 Å². The van der Waals surface area contributed by atoms with Crippen LogP contribution in [0.5, 0.6) is 0 Å². The minimum atomic E-state index is -0.949. The number of carboxylic acids is 1. The number of aliphatic carboxylic acids is 1. The zero-order valence-electron chi connectivity index (χ0n) is 8.87. The molecule has 1 amide bonds. The topological polar surface area (TPSA) is 66.4 Å². The Bertz CT molecular complexity index is 435. The number of amides is 1. The summed E-state index contributed by atoms with van der Waals surface area (Å²) in [5, 5.41) is 11.8. The van der Waals surface area contributed by atoms with Gasteiger partial charge in [-0.25, -0.2) is 0 Å². The molecule has 0 saturated carbocycles. The van der Waals surface area contributed by atoms with Gasteiger partial charge in [0.15, 0.2) is 0 Å². The van der Waals surface area contributed by atoms with E-state index >= 15 is 0 Å². The number of carbonyl (C=O) groups excluding carboxylic acids is 1. The molecule has 0 radical (unpaired) electrons. The van der Waals surface area contributed by atoms with Gasteiger partial charge in [0.2, 0.25) is 5.91 Å². The average molecular weight is 276 g/mol. The largest absolute Gasteiger partial charge is 0.481 e. The summed E-state index contributed by atoms with van der Waals surface area (Å²) in [6.45, 7) is 0.110. The smallest absolute Gasteiger partial charge is 0.305 e. The predicted octanol–water partition coefficient (Wildman–Crippen LogP) is 2.13. The van der Waals surface area contributed by atoms with Crippen LogP contribution in [-0.2, 0) is 16.0 Å². The number of rotatable bonds is 5. The first-order valence-electron chi connectivity index (χ1n) is 4.91. The van der Waals surface area contributed by atoms with Crippen LogP contribution in [0.4, 0.5) is 0 Å². The molecule has 0 aliphatic carbocycles. The highest BCUT2D eigenvalue weighted by molar-refractivity contribution is 6.35. The monoisotopic (exact) mass is 275 g/mol. The molecule has 0 aromatic heterocycles. The summed E-state index contributed by atoms with van der Waals surface area (Å²) in [5.41, 5.74) is 0.656. The van der Waals surface area contributed by atoms with Crippen molar-refractivity contribution in [2.45, 2.75) is 12.8 Å². The summed E-state index contributed by atoms with van der Waals surface area (Å²) in [6, 6.07) is 4.87. The first-order chi connectivity index (χ1) is 7.99. The Balaban J connectivity index is 2.48. The fourth-order valence-corrected chi connectivity index (χ4v) is 1.68. The first kappa shape index (κ1) is 13.8. The molecule has 4 nitrogen and oxygen atoms in total. The zero-order valence-corrected chi connectivity index (χ0v) is 10.4. The third kappa shape index (κ3) is 5.06. The third-order valence-electron chi connectivity index (χ3n) is 2.03. The van der Waals surface area contributed by atoms with Crippen molar-refractivity contribution in [3.05, 3.63) is 33.8 Å². The van der Waals surface area contributed by atoms with Crippen molar-refractivity contribution in [1.82, 2.24) is 5.32 Å². The van der Waals surface area contributed by atoms with E-state index < -0.39 is 5.97 Å². The predicted molar refractivity (Wildman–Crippen MR) is 65.4 cm³/mol. The summed E-state index contributed by atoms with van der Waals surface area (Å²) in [6.07, 6.45) is 0.00963. The van der Waals surface area contributed by atoms with E-state index in [1.54, 1.807) is 18.2 Å². The second kappa shape index (κ2) is 6.47. The second-order valence-corrected chi connectivity index (χ2v) is 4.25. The third-order valence-corrected chi connectivity index (χ3v) is 2.61. The van der Waals surface area contributed by atoms with Crippen LogP contribution >= 0.6 is 23.2 Å². The van der Waals surface area contributed by atoms with Crippen LogP contribution in [0.25, 0.3) is 0 Å².